The van der Waals surface area contributed by atoms with Gasteiger partial charge in [0.25, 0.3) is 0 Å². The van der Waals surface area contributed by atoms with E-state index >= 15 is 0 Å². The lowest BCUT2D eigenvalue weighted by molar-refractivity contribution is -0.122. The molecular formula is C23H26N2O4. The van der Waals surface area contributed by atoms with Gasteiger partial charge in [-0.15, -0.1) is 0 Å². The molecule has 1 fully saturated rings. The monoisotopic (exact) mass is 394 g/mol. The van der Waals surface area contributed by atoms with E-state index in [2.05, 4.69) is 26.1 Å². The van der Waals surface area contributed by atoms with Crippen molar-refractivity contribution in [3.8, 4) is 11.5 Å². The molecule has 2 aromatic rings. The number of para-hydroxylation sites is 1. The van der Waals surface area contributed by atoms with Gasteiger partial charge in [-0.3, -0.25) is 9.59 Å². The fraction of sp³-hybridized carbons (Fsp3) is 0.391. The molecule has 4 rings (SSSR count). The smallest absolute Gasteiger partial charge is 0.229 e. The fourth-order valence-corrected chi connectivity index (χ4v) is 3.82. The molecule has 0 saturated carbocycles. The summed E-state index contributed by atoms with van der Waals surface area (Å²) < 4.78 is 11.1. The summed E-state index contributed by atoms with van der Waals surface area (Å²) in [7, 11) is 0. The van der Waals surface area contributed by atoms with Gasteiger partial charge in [-0.2, -0.15) is 0 Å². The zero-order valence-electron chi connectivity index (χ0n) is 17.0. The summed E-state index contributed by atoms with van der Waals surface area (Å²) in [6, 6.07) is 13.3. The number of hydrogen-bond acceptors (Lipinski definition) is 4. The van der Waals surface area contributed by atoms with Gasteiger partial charge in [0, 0.05) is 30.4 Å². The highest BCUT2D eigenvalue weighted by molar-refractivity contribution is 6.04. The third kappa shape index (κ3) is 3.92. The van der Waals surface area contributed by atoms with Crippen LogP contribution in [0.5, 0.6) is 11.5 Å². The predicted octanol–water partition coefficient (Wildman–Crippen LogP) is 3.75. The van der Waals surface area contributed by atoms with E-state index in [1.165, 1.54) is 0 Å². The number of amides is 2. The maximum absolute atomic E-state index is 12.8. The third-order valence-electron chi connectivity index (χ3n) is 5.31. The molecule has 0 bridgehead atoms. The first-order valence-electron chi connectivity index (χ1n) is 9.93. The molecule has 1 N–H and O–H groups in total. The average Bonchev–Trinajstić information content (AvgIpc) is 3.09. The molecule has 1 saturated heterocycles. The highest BCUT2D eigenvalue weighted by atomic mass is 16.6. The Morgan fingerprint density at radius 1 is 1.07 bits per heavy atom. The Hall–Kier alpha value is -3.02. The second kappa shape index (κ2) is 7.43. The van der Waals surface area contributed by atoms with E-state index in [-0.39, 0.29) is 23.7 Å². The van der Waals surface area contributed by atoms with E-state index in [1.54, 1.807) is 23.1 Å². The summed E-state index contributed by atoms with van der Waals surface area (Å²) in [6.07, 6.45) is 0.203. The number of ether oxygens (including phenoxy) is 2. The first kappa shape index (κ1) is 19.3. The number of fused-ring (bicyclic) bond motifs is 1. The Morgan fingerprint density at radius 3 is 2.55 bits per heavy atom. The molecule has 0 aromatic heterocycles. The largest absolute Gasteiger partial charge is 0.486 e. The van der Waals surface area contributed by atoms with Gasteiger partial charge in [0.2, 0.25) is 11.8 Å². The molecule has 152 valence electrons. The standard InChI is InChI=1S/C23H26N2O4/c1-23(2,3)17-6-4-5-7-18(17)25-14-15(12-21(25)26)22(27)24-16-8-9-19-20(13-16)29-11-10-28-19/h4-9,13,15H,10-12,14H2,1-3H3,(H,24,27). The molecule has 29 heavy (non-hydrogen) atoms. The van der Waals surface area contributed by atoms with E-state index in [0.717, 1.165) is 11.3 Å². The fourth-order valence-electron chi connectivity index (χ4n) is 3.82. The van der Waals surface area contributed by atoms with E-state index in [4.69, 9.17) is 9.47 Å². The van der Waals surface area contributed by atoms with Gasteiger partial charge in [-0.25, -0.2) is 0 Å². The van der Waals surface area contributed by atoms with Crippen molar-refractivity contribution >= 4 is 23.2 Å². The highest BCUT2D eigenvalue weighted by Crippen LogP contribution is 2.36. The van der Waals surface area contributed by atoms with E-state index in [1.807, 2.05) is 24.3 Å². The number of nitrogens with zero attached hydrogens (tertiary/aromatic N) is 1. The van der Waals surface area contributed by atoms with Crippen molar-refractivity contribution in [2.24, 2.45) is 5.92 Å². The summed E-state index contributed by atoms with van der Waals surface area (Å²) in [5.74, 6) is 0.714. The summed E-state index contributed by atoms with van der Waals surface area (Å²) >= 11 is 0. The van der Waals surface area contributed by atoms with Crippen molar-refractivity contribution in [3.63, 3.8) is 0 Å². The Bertz CT molecular complexity index is 948. The van der Waals surface area contributed by atoms with Gasteiger partial charge in [-0.05, 0) is 29.2 Å². The lowest BCUT2D eigenvalue weighted by atomic mass is 9.85. The maximum Gasteiger partial charge on any atom is 0.229 e. The predicted molar refractivity (Wildman–Crippen MR) is 112 cm³/mol. The molecule has 2 amide bonds. The van der Waals surface area contributed by atoms with Gasteiger partial charge < -0.3 is 19.7 Å². The molecule has 0 radical (unpaired) electrons. The summed E-state index contributed by atoms with van der Waals surface area (Å²) in [4.78, 5) is 27.3. The van der Waals surface area contributed by atoms with Gasteiger partial charge in [0.15, 0.2) is 11.5 Å². The number of carbonyl (C=O) groups excluding carboxylic acids is 2. The second-order valence-corrected chi connectivity index (χ2v) is 8.52. The van der Waals surface area contributed by atoms with Crippen LogP contribution in [-0.4, -0.2) is 31.6 Å². The van der Waals surface area contributed by atoms with E-state index in [9.17, 15) is 9.59 Å². The average molecular weight is 394 g/mol. The molecule has 0 spiro atoms. The molecule has 2 heterocycles. The molecule has 1 unspecified atom stereocenters. The summed E-state index contributed by atoms with van der Waals surface area (Å²) in [6.45, 7) is 7.76. The Morgan fingerprint density at radius 2 is 1.79 bits per heavy atom. The lowest BCUT2D eigenvalue weighted by Gasteiger charge is -2.27. The first-order chi connectivity index (χ1) is 13.8. The van der Waals surface area contributed by atoms with Crippen LogP contribution in [0.25, 0.3) is 0 Å². The minimum atomic E-state index is -0.399. The normalized spacial score (nSPS) is 18.7. The zero-order chi connectivity index (χ0) is 20.6. The highest BCUT2D eigenvalue weighted by Gasteiger charge is 2.37. The quantitative estimate of drug-likeness (QED) is 0.861. The van der Waals surface area contributed by atoms with Crippen molar-refractivity contribution in [1.29, 1.82) is 0 Å². The Labute approximate surface area is 170 Å². The number of rotatable bonds is 3. The van der Waals surface area contributed by atoms with Crippen LogP contribution in [0, 0.1) is 5.92 Å². The molecule has 0 aliphatic carbocycles. The van der Waals surface area contributed by atoms with Crippen LogP contribution in [0.4, 0.5) is 11.4 Å². The SMILES string of the molecule is CC(C)(C)c1ccccc1N1CC(C(=O)Nc2ccc3c(c2)OCCO3)CC1=O. The number of anilines is 2. The minimum Gasteiger partial charge on any atom is -0.486 e. The van der Waals surface area contributed by atoms with Gasteiger partial charge in [0.05, 0.1) is 5.92 Å². The van der Waals surface area contributed by atoms with Gasteiger partial charge >= 0.3 is 0 Å². The van der Waals surface area contributed by atoms with Crippen LogP contribution in [0.3, 0.4) is 0 Å². The van der Waals surface area contributed by atoms with Crippen LogP contribution in [0.2, 0.25) is 0 Å². The summed E-state index contributed by atoms with van der Waals surface area (Å²) in [5, 5.41) is 2.92. The topological polar surface area (TPSA) is 67.9 Å². The zero-order valence-corrected chi connectivity index (χ0v) is 17.0. The lowest BCUT2D eigenvalue weighted by Crippen LogP contribution is -2.30. The third-order valence-corrected chi connectivity index (χ3v) is 5.31. The Kier molecular flexibility index (Phi) is 4.94. The second-order valence-electron chi connectivity index (χ2n) is 8.52. The van der Waals surface area contributed by atoms with Crippen molar-refractivity contribution in [3.05, 3.63) is 48.0 Å². The van der Waals surface area contributed by atoms with E-state index < -0.39 is 5.92 Å². The number of benzene rings is 2. The van der Waals surface area contributed by atoms with Crippen LogP contribution >= 0.6 is 0 Å². The molecule has 1 atom stereocenters. The first-order valence-corrected chi connectivity index (χ1v) is 9.93. The minimum absolute atomic E-state index is 0.0241. The van der Waals surface area contributed by atoms with E-state index in [0.29, 0.717) is 36.9 Å². The molecule has 6 heteroatoms. The maximum atomic E-state index is 12.8. The van der Waals surface area contributed by atoms with Crippen LogP contribution < -0.4 is 19.7 Å². The molecular weight excluding hydrogens is 368 g/mol. The molecule has 2 aliphatic rings. The van der Waals surface area contributed by atoms with Crippen LogP contribution in [0.15, 0.2) is 42.5 Å². The van der Waals surface area contributed by atoms with Crippen molar-refractivity contribution in [2.45, 2.75) is 32.6 Å². The summed E-state index contributed by atoms with van der Waals surface area (Å²) in [5.41, 5.74) is 2.53. The number of carbonyl (C=O) groups is 2. The van der Waals surface area contributed by atoms with Crippen LogP contribution in [0.1, 0.15) is 32.8 Å². The van der Waals surface area contributed by atoms with Gasteiger partial charge in [-0.1, -0.05) is 39.0 Å². The Balaban J connectivity index is 1.49. The van der Waals surface area contributed by atoms with Crippen LogP contribution in [-0.2, 0) is 15.0 Å². The van der Waals surface area contributed by atoms with Crippen molar-refractivity contribution < 1.29 is 19.1 Å². The number of hydrogen-bond donors (Lipinski definition) is 1. The molecule has 2 aromatic carbocycles. The molecule has 2 aliphatic heterocycles. The van der Waals surface area contributed by atoms with Crippen molar-refractivity contribution in [2.75, 3.05) is 30.0 Å². The number of nitrogens with one attached hydrogen (secondary N) is 1. The molecule has 6 nitrogen and oxygen atoms in total. The van der Waals surface area contributed by atoms with Gasteiger partial charge in [0.1, 0.15) is 13.2 Å². The van der Waals surface area contributed by atoms with Crippen molar-refractivity contribution in [1.82, 2.24) is 0 Å².